The maximum atomic E-state index is 12.0. The third-order valence-electron chi connectivity index (χ3n) is 3.07. The average molecular weight is 300 g/mol. The molecule has 0 unspecified atom stereocenters. The number of nitrogens with one attached hydrogen (secondary N) is 1. The molecule has 1 amide bonds. The molecule has 1 atom stereocenters. The first-order valence-corrected chi connectivity index (χ1v) is 7.10. The fraction of sp³-hybridized carbons (Fsp3) is 0.533. The van der Waals surface area contributed by atoms with Crippen molar-refractivity contribution >= 4 is 5.91 Å². The van der Waals surface area contributed by atoms with Crippen LogP contribution in [0.1, 0.15) is 31.7 Å². The van der Waals surface area contributed by atoms with E-state index < -0.39 is 12.7 Å². The summed E-state index contributed by atoms with van der Waals surface area (Å²) in [7, 11) is 0. The minimum atomic E-state index is -2.82. The summed E-state index contributed by atoms with van der Waals surface area (Å²) in [5.41, 5.74) is 6.68. The normalized spacial score (nSPS) is 12.2. The molecule has 0 saturated heterocycles. The first-order chi connectivity index (χ1) is 10.0. The first kappa shape index (κ1) is 17.4. The highest BCUT2D eigenvalue weighted by Crippen LogP contribution is 2.14. The van der Waals surface area contributed by atoms with Gasteiger partial charge in [-0.05, 0) is 30.5 Å². The molecule has 6 heteroatoms. The van der Waals surface area contributed by atoms with Crippen LogP contribution >= 0.6 is 0 Å². The van der Waals surface area contributed by atoms with Crippen LogP contribution in [0.2, 0.25) is 0 Å². The molecule has 3 N–H and O–H groups in total. The summed E-state index contributed by atoms with van der Waals surface area (Å²) in [4.78, 5) is 11.7. The Balaban J connectivity index is 2.30. The summed E-state index contributed by atoms with van der Waals surface area (Å²) in [6.07, 6.45) is 3.23. The Morgan fingerprint density at radius 3 is 2.57 bits per heavy atom. The summed E-state index contributed by atoms with van der Waals surface area (Å²) in [6, 6.07) is 5.89. The van der Waals surface area contributed by atoms with E-state index in [0.717, 1.165) is 18.4 Å². The molecule has 0 aliphatic heterocycles. The molecular weight excluding hydrogens is 278 g/mol. The summed E-state index contributed by atoms with van der Waals surface area (Å²) in [5, 5.41) is 2.77. The van der Waals surface area contributed by atoms with Crippen molar-refractivity contribution in [2.45, 2.75) is 45.3 Å². The zero-order valence-corrected chi connectivity index (χ0v) is 12.1. The van der Waals surface area contributed by atoms with Gasteiger partial charge >= 0.3 is 6.61 Å². The number of hydrogen-bond donors (Lipinski definition) is 2. The molecule has 0 bridgehead atoms. The Morgan fingerprint density at radius 2 is 2.00 bits per heavy atom. The van der Waals surface area contributed by atoms with Crippen molar-refractivity contribution < 1.29 is 18.3 Å². The molecule has 0 aromatic heterocycles. The third-order valence-corrected chi connectivity index (χ3v) is 3.07. The highest BCUT2D eigenvalue weighted by molar-refractivity contribution is 5.81. The molecule has 0 spiro atoms. The number of unbranched alkanes of at least 4 members (excludes halogenated alkanes) is 1. The maximum absolute atomic E-state index is 12.0. The van der Waals surface area contributed by atoms with E-state index in [1.165, 1.54) is 12.1 Å². The monoisotopic (exact) mass is 300 g/mol. The first-order valence-electron chi connectivity index (χ1n) is 7.10. The highest BCUT2D eigenvalue weighted by atomic mass is 19.3. The lowest BCUT2D eigenvalue weighted by Crippen LogP contribution is -2.41. The van der Waals surface area contributed by atoms with E-state index >= 15 is 0 Å². The standard InChI is InChI=1S/C15H22F2N2O2/c1-2-3-4-13(18)14(20)19-10-9-11-5-7-12(8-6-11)21-15(16)17/h5-8,13,15H,2-4,9-10,18H2,1H3,(H,19,20)/t13-/m0/s1. The minimum absolute atomic E-state index is 0.124. The van der Waals surface area contributed by atoms with Gasteiger partial charge in [0.25, 0.3) is 0 Å². The molecule has 0 aliphatic rings. The highest BCUT2D eigenvalue weighted by Gasteiger charge is 2.11. The van der Waals surface area contributed by atoms with E-state index in [4.69, 9.17) is 5.73 Å². The zero-order valence-electron chi connectivity index (χ0n) is 12.1. The van der Waals surface area contributed by atoms with Crippen LogP contribution in [-0.4, -0.2) is 25.1 Å². The Kier molecular flexibility index (Phi) is 7.68. The molecule has 0 heterocycles. The largest absolute Gasteiger partial charge is 0.435 e. The summed E-state index contributed by atoms with van der Waals surface area (Å²) in [5.74, 6) is -0.0273. The van der Waals surface area contributed by atoms with Crippen LogP contribution in [0.3, 0.4) is 0 Å². The van der Waals surface area contributed by atoms with Gasteiger partial charge in [0, 0.05) is 6.54 Å². The van der Waals surface area contributed by atoms with Crippen LogP contribution in [0.5, 0.6) is 5.75 Å². The van der Waals surface area contributed by atoms with Gasteiger partial charge in [0.2, 0.25) is 5.91 Å². The molecule has 4 nitrogen and oxygen atoms in total. The van der Waals surface area contributed by atoms with Crippen molar-refractivity contribution in [1.82, 2.24) is 5.32 Å². The van der Waals surface area contributed by atoms with Crippen molar-refractivity contribution in [3.05, 3.63) is 29.8 Å². The predicted molar refractivity (Wildman–Crippen MR) is 77.3 cm³/mol. The number of hydrogen-bond acceptors (Lipinski definition) is 3. The number of carbonyl (C=O) groups is 1. The molecular formula is C15H22F2N2O2. The quantitative estimate of drug-likeness (QED) is 0.736. The van der Waals surface area contributed by atoms with E-state index in [1.54, 1.807) is 12.1 Å². The van der Waals surface area contributed by atoms with Gasteiger partial charge in [-0.25, -0.2) is 0 Å². The molecule has 1 aromatic carbocycles. The van der Waals surface area contributed by atoms with Crippen LogP contribution in [0.25, 0.3) is 0 Å². The van der Waals surface area contributed by atoms with Gasteiger partial charge in [-0.1, -0.05) is 31.9 Å². The second-order valence-electron chi connectivity index (χ2n) is 4.81. The number of benzene rings is 1. The van der Waals surface area contributed by atoms with Crippen LogP contribution in [0.4, 0.5) is 8.78 Å². The van der Waals surface area contributed by atoms with Crippen molar-refractivity contribution in [1.29, 1.82) is 0 Å². The van der Waals surface area contributed by atoms with Crippen molar-refractivity contribution in [2.24, 2.45) is 5.73 Å². The van der Waals surface area contributed by atoms with Crippen LogP contribution in [0.15, 0.2) is 24.3 Å². The van der Waals surface area contributed by atoms with Gasteiger partial charge in [0.15, 0.2) is 0 Å². The maximum Gasteiger partial charge on any atom is 0.387 e. The summed E-state index contributed by atoms with van der Waals surface area (Å²) in [6.45, 7) is -0.306. The molecule has 0 fully saturated rings. The van der Waals surface area contributed by atoms with E-state index in [1.807, 2.05) is 6.92 Å². The molecule has 118 valence electrons. The number of alkyl halides is 2. The number of amides is 1. The molecule has 0 saturated carbocycles. The van der Waals surface area contributed by atoms with E-state index in [-0.39, 0.29) is 11.7 Å². The van der Waals surface area contributed by atoms with Crippen LogP contribution in [0, 0.1) is 0 Å². The third kappa shape index (κ3) is 7.04. The number of rotatable bonds is 9. The van der Waals surface area contributed by atoms with Gasteiger partial charge in [-0.3, -0.25) is 4.79 Å². The summed E-state index contributed by atoms with van der Waals surface area (Å²) >= 11 is 0. The SMILES string of the molecule is CCCC[C@H](N)C(=O)NCCc1ccc(OC(F)F)cc1. The minimum Gasteiger partial charge on any atom is -0.435 e. The smallest absolute Gasteiger partial charge is 0.387 e. The molecule has 0 aliphatic carbocycles. The number of ether oxygens (including phenoxy) is 1. The van der Waals surface area contributed by atoms with E-state index in [2.05, 4.69) is 10.1 Å². The van der Waals surface area contributed by atoms with Gasteiger partial charge in [0.05, 0.1) is 6.04 Å². The predicted octanol–water partition coefficient (Wildman–Crippen LogP) is 2.46. The van der Waals surface area contributed by atoms with Crippen molar-refractivity contribution in [3.8, 4) is 5.75 Å². The lowest BCUT2D eigenvalue weighted by molar-refractivity contribution is -0.122. The van der Waals surface area contributed by atoms with Crippen LogP contribution < -0.4 is 15.8 Å². The fourth-order valence-electron chi connectivity index (χ4n) is 1.85. The lowest BCUT2D eigenvalue weighted by Gasteiger charge is -2.12. The van der Waals surface area contributed by atoms with E-state index in [9.17, 15) is 13.6 Å². The van der Waals surface area contributed by atoms with Gasteiger partial charge in [0.1, 0.15) is 5.75 Å². The second-order valence-corrected chi connectivity index (χ2v) is 4.81. The van der Waals surface area contributed by atoms with E-state index in [0.29, 0.717) is 19.4 Å². The fourth-order valence-corrected chi connectivity index (χ4v) is 1.85. The average Bonchev–Trinajstić information content (AvgIpc) is 2.45. The topological polar surface area (TPSA) is 64.4 Å². The number of nitrogens with two attached hydrogens (primary N) is 1. The Bertz CT molecular complexity index is 424. The van der Waals surface area contributed by atoms with Crippen molar-refractivity contribution in [2.75, 3.05) is 6.54 Å². The van der Waals surface area contributed by atoms with Crippen molar-refractivity contribution in [3.63, 3.8) is 0 Å². The van der Waals surface area contributed by atoms with Gasteiger partial charge in [-0.15, -0.1) is 0 Å². The van der Waals surface area contributed by atoms with Crippen LogP contribution in [-0.2, 0) is 11.2 Å². The zero-order chi connectivity index (χ0) is 15.7. The lowest BCUT2D eigenvalue weighted by atomic mass is 10.1. The van der Waals surface area contributed by atoms with Gasteiger partial charge in [-0.2, -0.15) is 8.78 Å². The number of halogens is 2. The Morgan fingerprint density at radius 1 is 1.33 bits per heavy atom. The number of carbonyl (C=O) groups excluding carboxylic acids is 1. The Labute approximate surface area is 123 Å². The summed E-state index contributed by atoms with van der Waals surface area (Å²) < 4.78 is 28.3. The molecule has 1 aromatic rings. The molecule has 1 rings (SSSR count). The second kappa shape index (κ2) is 9.28. The van der Waals surface area contributed by atoms with Gasteiger partial charge < -0.3 is 15.8 Å². The molecule has 21 heavy (non-hydrogen) atoms. The Hall–Kier alpha value is -1.69. The molecule has 0 radical (unpaired) electrons.